The van der Waals surface area contributed by atoms with E-state index in [9.17, 15) is 8.78 Å². The second-order valence-corrected chi connectivity index (χ2v) is 6.02. The molecule has 1 N–H and O–H groups in total. The minimum Gasteiger partial charge on any atom is -0.309 e. The van der Waals surface area contributed by atoms with Gasteiger partial charge < -0.3 is 5.32 Å². The Kier molecular flexibility index (Phi) is 4.75. The van der Waals surface area contributed by atoms with Crippen molar-refractivity contribution in [2.75, 3.05) is 7.05 Å². The van der Waals surface area contributed by atoms with Gasteiger partial charge in [0.2, 0.25) is 0 Å². The van der Waals surface area contributed by atoms with Gasteiger partial charge in [-0.2, -0.15) is 0 Å². The summed E-state index contributed by atoms with van der Waals surface area (Å²) in [6, 6.07) is 8.31. The standard InChI is InChI=1S/C16H16F2IN/c1-9-6-11(7-10(2)15(9)18)16(20-3)13-5-4-12(17)8-14(13)19/h4-8,16,20H,1-3H3. The molecule has 0 aliphatic carbocycles. The van der Waals surface area contributed by atoms with Gasteiger partial charge in [0.25, 0.3) is 0 Å². The van der Waals surface area contributed by atoms with Crippen LogP contribution in [0.25, 0.3) is 0 Å². The normalized spacial score (nSPS) is 12.5. The van der Waals surface area contributed by atoms with Crippen LogP contribution in [-0.2, 0) is 0 Å². The van der Waals surface area contributed by atoms with E-state index in [2.05, 4.69) is 27.9 Å². The molecule has 2 rings (SSSR count). The van der Waals surface area contributed by atoms with E-state index >= 15 is 0 Å². The topological polar surface area (TPSA) is 12.0 Å². The van der Waals surface area contributed by atoms with Crippen LogP contribution in [0.15, 0.2) is 30.3 Å². The Morgan fingerprint density at radius 1 is 1.05 bits per heavy atom. The molecule has 1 nitrogen and oxygen atoms in total. The van der Waals surface area contributed by atoms with Crippen LogP contribution >= 0.6 is 22.6 Å². The van der Waals surface area contributed by atoms with Gasteiger partial charge in [0.05, 0.1) is 6.04 Å². The Bertz CT molecular complexity index is 617. The predicted octanol–water partition coefficient (Wildman–Crippen LogP) is 4.50. The lowest BCUT2D eigenvalue weighted by Crippen LogP contribution is -2.19. The van der Waals surface area contributed by atoms with Gasteiger partial charge in [-0.25, -0.2) is 8.78 Å². The van der Waals surface area contributed by atoms with Crippen molar-refractivity contribution in [3.8, 4) is 0 Å². The Morgan fingerprint density at radius 3 is 2.15 bits per heavy atom. The quantitative estimate of drug-likeness (QED) is 0.766. The van der Waals surface area contributed by atoms with E-state index in [1.807, 2.05) is 19.2 Å². The van der Waals surface area contributed by atoms with Gasteiger partial charge in [-0.3, -0.25) is 0 Å². The third kappa shape index (κ3) is 3.01. The first-order chi connectivity index (χ1) is 9.43. The third-order valence-corrected chi connectivity index (χ3v) is 4.29. The largest absolute Gasteiger partial charge is 0.309 e. The SMILES string of the molecule is CNC(c1cc(C)c(F)c(C)c1)c1ccc(F)cc1I. The van der Waals surface area contributed by atoms with Gasteiger partial charge in [-0.1, -0.05) is 18.2 Å². The smallest absolute Gasteiger partial charge is 0.129 e. The van der Waals surface area contributed by atoms with Crippen LogP contribution < -0.4 is 5.32 Å². The average molecular weight is 387 g/mol. The molecule has 0 aliphatic heterocycles. The molecule has 20 heavy (non-hydrogen) atoms. The van der Waals surface area contributed by atoms with E-state index in [1.54, 1.807) is 19.9 Å². The zero-order valence-corrected chi connectivity index (χ0v) is 13.8. The lowest BCUT2D eigenvalue weighted by atomic mass is 9.95. The monoisotopic (exact) mass is 387 g/mol. The first-order valence-electron chi connectivity index (χ1n) is 6.33. The second kappa shape index (κ2) is 6.18. The van der Waals surface area contributed by atoms with Crippen LogP contribution in [0.1, 0.15) is 28.3 Å². The molecule has 0 heterocycles. The van der Waals surface area contributed by atoms with Crippen molar-refractivity contribution in [1.82, 2.24) is 5.32 Å². The number of hydrogen-bond donors (Lipinski definition) is 1. The van der Waals surface area contributed by atoms with E-state index in [4.69, 9.17) is 0 Å². The van der Waals surface area contributed by atoms with Gasteiger partial charge in [0, 0.05) is 3.57 Å². The maximum absolute atomic E-state index is 13.7. The summed E-state index contributed by atoms with van der Waals surface area (Å²) < 4.78 is 27.8. The predicted molar refractivity (Wildman–Crippen MR) is 85.9 cm³/mol. The highest BCUT2D eigenvalue weighted by molar-refractivity contribution is 14.1. The Hall–Kier alpha value is -1.01. The maximum Gasteiger partial charge on any atom is 0.129 e. The molecule has 1 atom stereocenters. The highest BCUT2D eigenvalue weighted by Gasteiger charge is 2.17. The minimum absolute atomic E-state index is 0.0829. The molecule has 2 aromatic carbocycles. The zero-order valence-electron chi connectivity index (χ0n) is 11.6. The molecule has 0 aromatic heterocycles. The Balaban J connectivity index is 2.52. The second-order valence-electron chi connectivity index (χ2n) is 4.86. The Morgan fingerprint density at radius 2 is 1.65 bits per heavy atom. The van der Waals surface area contributed by atoms with Gasteiger partial charge in [0.15, 0.2) is 0 Å². The number of halogens is 3. The summed E-state index contributed by atoms with van der Waals surface area (Å²) in [5.41, 5.74) is 3.21. The average Bonchev–Trinajstić information content (AvgIpc) is 2.39. The molecule has 0 saturated carbocycles. The number of rotatable bonds is 3. The lowest BCUT2D eigenvalue weighted by molar-refractivity contribution is 0.603. The summed E-state index contributed by atoms with van der Waals surface area (Å²) >= 11 is 2.12. The third-order valence-electron chi connectivity index (χ3n) is 3.35. The minimum atomic E-state index is -0.250. The van der Waals surface area contributed by atoms with Crippen LogP contribution in [0, 0.1) is 29.1 Å². The molecule has 0 bridgehead atoms. The molecule has 0 amide bonds. The highest BCUT2D eigenvalue weighted by Crippen LogP contribution is 2.28. The molecule has 1 unspecified atom stereocenters. The van der Waals surface area contributed by atoms with Crippen LogP contribution in [0.5, 0.6) is 0 Å². The van der Waals surface area contributed by atoms with Crippen molar-refractivity contribution in [2.45, 2.75) is 19.9 Å². The molecular formula is C16H16F2IN. The summed E-state index contributed by atoms with van der Waals surface area (Å²) in [7, 11) is 1.85. The van der Waals surface area contributed by atoms with E-state index < -0.39 is 0 Å². The number of aryl methyl sites for hydroxylation is 2. The summed E-state index contributed by atoms with van der Waals surface area (Å²) in [6.07, 6.45) is 0. The molecule has 0 saturated heterocycles. The molecule has 4 heteroatoms. The molecule has 0 radical (unpaired) electrons. The van der Waals surface area contributed by atoms with Crippen LogP contribution in [0.2, 0.25) is 0 Å². The van der Waals surface area contributed by atoms with E-state index in [0.717, 1.165) is 14.7 Å². The van der Waals surface area contributed by atoms with Crippen LogP contribution in [0.3, 0.4) is 0 Å². The van der Waals surface area contributed by atoms with E-state index in [0.29, 0.717) is 11.1 Å². The fraction of sp³-hybridized carbons (Fsp3) is 0.250. The summed E-state index contributed by atoms with van der Waals surface area (Å²) in [6.45, 7) is 3.52. The molecule has 0 fully saturated rings. The number of benzene rings is 2. The summed E-state index contributed by atoms with van der Waals surface area (Å²) in [5.74, 6) is -0.420. The summed E-state index contributed by atoms with van der Waals surface area (Å²) in [5, 5.41) is 3.22. The highest BCUT2D eigenvalue weighted by atomic mass is 127. The van der Waals surface area contributed by atoms with Crippen molar-refractivity contribution < 1.29 is 8.78 Å². The molecule has 106 valence electrons. The van der Waals surface area contributed by atoms with E-state index in [1.165, 1.54) is 12.1 Å². The molecule has 0 spiro atoms. The first-order valence-corrected chi connectivity index (χ1v) is 7.40. The molecule has 0 aliphatic rings. The van der Waals surface area contributed by atoms with Crippen molar-refractivity contribution in [1.29, 1.82) is 0 Å². The van der Waals surface area contributed by atoms with Crippen LogP contribution in [0.4, 0.5) is 8.78 Å². The maximum atomic E-state index is 13.7. The number of nitrogens with one attached hydrogen (secondary N) is 1. The van der Waals surface area contributed by atoms with Gasteiger partial charge in [-0.05, 0) is 77.9 Å². The van der Waals surface area contributed by atoms with Crippen molar-refractivity contribution >= 4 is 22.6 Å². The Labute approximate surface area is 131 Å². The zero-order chi connectivity index (χ0) is 14.9. The van der Waals surface area contributed by atoms with E-state index in [-0.39, 0.29) is 17.7 Å². The molecule has 2 aromatic rings. The van der Waals surface area contributed by atoms with Gasteiger partial charge >= 0.3 is 0 Å². The molecular weight excluding hydrogens is 371 g/mol. The lowest BCUT2D eigenvalue weighted by Gasteiger charge is -2.20. The fourth-order valence-electron chi connectivity index (χ4n) is 2.38. The van der Waals surface area contributed by atoms with Crippen molar-refractivity contribution in [3.05, 3.63) is 67.8 Å². The first kappa shape index (κ1) is 15.4. The summed E-state index contributed by atoms with van der Waals surface area (Å²) in [4.78, 5) is 0. The van der Waals surface area contributed by atoms with Gasteiger partial charge in [0.1, 0.15) is 11.6 Å². The van der Waals surface area contributed by atoms with Crippen molar-refractivity contribution in [2.24, 2.45) is 0 Å². The number of hydrogen-bond acceptors (Lipinski definition) is 1. The van der Waals surface area contributed by atoms with Gasteiger partial charge in [-0.15, -0.1) is 0 Å². The van der Waals surface area contributed by atoms with Crippen molar-refractivity contribution in [3.63, 3.8) is 0 Å². The fourth-order valence-corrected chi connectivity index (χ4v) is 3.17. The van der Waals surface area contributed by atoms with Crippen LogP contribution in [-0.4, -0.2) is 7.05 Å².